The van der Waals surface area contributed by atoms with Crippen LogP contribution in [0, 0.1) is 0 Å². The number of aromatic nitrogens is 3. The molecule has 7 nitrogen and oxygen atoms in total. The summed E-state index contributed by atoms with van der Waals surface area (Å²) >= 11 is 5.96. The van der Waals surface area contributed by atoms with Gasteiger partial charge in [0.15, 0.2) is 0 Å². The standard InChI is InChI=1S/C13H22ClN5O2/c1-2-5-15-12-16-11(14)17-13(18-12)19-6-3-10(4-7-19)21-9-8-20/h10,20H,2-9H2,1H3,(H,15,16,17,18). The van der Waals surface area contributed by atoms with Crippen LogP contribution in [0.3, 0.4) is 0 Å². The van der Waals surface area contributed by atoms with Gasteiger partial charge < -0.3 is 20.1 Å². The third kappa shape index (κ3) is 4.94. The lowest BCUT2D eigenvalue weighted by atomic mass is 10.1. The maximum absolute atomic E-state index is 8.77. The molecule has 0 saturated carbocycles. The maximum atomic E-state index is 8.77. The molecule has 1 aliphatic heterocycles. The minimum Gasteiger partial charge on any atom is -0.394 e. The first-order valence-electron chi connectivity index (χ1n) is 7.35. The maximum Gasteiger partial charge on any atom is 0.231 e. The van der Waals surface area contributed by atoms with E-state index >= 15 is 0 Å². The number of rotatable bonds is 7. The number of piperidine rings is 1. The topological polar surface area (TPSA) is 83.4 Å². The summed E-state index contributed by atoms with van der Waals surface area (Å²) in [6.07, 6.45) is 2.97. The third-order valence-electron chi connectivity index (χ3n) is 3.30. The Hall–Kier alpha value is -1.18. The minimum atomic E-state index is 0.0652. The minimum absolute atomic E-state index is 0.0652. The van der Waals surface area contributed by atoms with Gasteiger partial charge in [-0.3, -0.25) is 0 Å². The van der Waals surface area contributed by atoms with E-state index in [1.54, 1.807) is 0 Å². The van der Waals surface area contributed by atoms with Crippen molar-refractivity contribution in [2.24, 2.45) is 0 Å². The molecule has 1 saturated heterocycles. The van der Waals surface area contributed by atoms with Crippen LogP contribution in [0.4, 0.5) is 11.9 Å². The second-order valence-electron chi connectivity index (χ2n) is 4.94. The molecule has 1 aromatic rings. The van der Waals surface area contributed by atoms with Crippen molar-refractivity contribution in [3.63, 3.8) is 0 Å². The number of aliphatic hydroxyl groups is 1. The van der Waals surface area contributed by atoms with E-state index in [1.807, 2.05) is 0 Å². The lowest BCUT2D eigenvalue weighted by Gasteiger charge is -2.31. The summed E-state index contributed by atoms with van der Waals surface area (Å²) in [6, 6.07) is 0. The Morgan fingerprint density at radius 3 is 2.76 bits per heavy atom. The number of aliphatic hydroxyl groups excluding tert-OH is 1. The van der Waals surface area contributed by atoms with Crippen molar-refractivity contribution in [3.05, 3.63) is 5.28 Å². The van der Waals surface area contributed by atoms with Crippen LogP contribution in [0.1, 0.15) is 26.2 Å². The Morgan fingerprint density at radius 1 is 1.33 bits per heavy atom. The van der Waals surface area contributed by atoms with Gasteiger partial charge in [-0.1, -0.05) is 6.92 Å². The van der Waals surface area contributed by atoms with Crippen molar-refractivity contribution in [3.8, 4) is 0 Å². The molecule has 0 aliphatic carbocycles. The van der Waals surface area contributed by atoms with Crippen molar-refractivity contribution in [2.75, 3.05) is 43.1 Å². The second-order valence-corrected chi connectivity index (χ2v) is 5.27. The number of ether oxygens (including phenoxy) is 1. The number of hydrogen-bond donors (Lipinski definition) is 2. The molecule has 0 spiro atoms. The summed E-state index contributed by atoms with van der Waals surface area (Å²) < 4.78 is 5.55. The van der Waals surface area contributed by atoms with Crippen LogP contribution >= 0.6 is 11.6 Å². The van der Waals surface area contributed by atoms with Gasteiger partial charge in [0.2, 0.25) is 17.2 Å². The van der Waals surface area contributed by atoms with Gasteiger partial charge in [0.25, 0.3) is 0 Å². The molecule has 1 fully saturated rings. The van der Waals surface area contributed by atoms with Crippen LogP contribution in [0.5, 0.6) is 0 Å². The molecule has 1 aromatic heterocycles. The molecule has 0 amide bonds. The van der Waals surface area contributed by atoms with E-state index in [2.05, 4.69) is 32.1 Å². The number of nitrogens with one attached hydrogen (secondary N) is 1. The zero-order chi connectivity index (χ0) is 15.1. The average Bonchev–Trinajstić information content (AvgIpc) is 2.51. The van der Waals surface area contributed by atoms with Gasteiger partial charge in [-0.25, -0.2) is 0 Å². The highest BCUT2D eigenvalue weighted by Crippen LogP contribution is 2.20. The van der Waals surface area contributed by atoms with Crippen molar-refractivity contribution in [2.45, 2.75) is 32.3 Å². The van der Waals surface area contributed by atoms with E-state index in [-0.39, 0.29) is 18.0 Å². The molecule has 0 aromatic carbocycles. The van der Waals surface area contributed by atoms with E-state index < -0.39 is 0 Å². The average molecular weight is 316 g/mol. The van der Waals surface area contributed by atoms with Crippen LogP contribution in [-0.4, -0.2) is 59.0 Å². The van der Waals surface area contributed by atoms with Gasteiger partial charge in [0.1, 0.15) is 0 Å². The van der Waals surface area contributed by atoms with E-state index in [0.717, 1.165) is 38.9 Å². The number of halogens is 1. The molecule has 118 valence electrons. The second kappa shape index (κ2) is 8.31. The number of nitrogens with zero attached hydrogens (tertiary/aromatic N) is 4. The summed E-state index contributed by atoms with van der Waals surface area (Å²) in [4.78, 5) is 14.8. The molecule has 21 heavy (non-hydrogen) atoms. The predicted octanol–water partition coefficient (Wildman–Crippen LogP) is 1.32. The van der Waals surface area contributed by atoms with Crippen LogP contribution in [0.2, 0.25) is 5.28 Å². The first kappa shape index (κ1) is 16.2. The summed E-state index contributed by atoms with van der Waals surface area (Å²) in [5.41, 5.74) is 0. The SMILES string of the molecule is CCCNc1nc(Cl)nc(N2CCC(OCCO)CC2)n1. The normalized spacial score (nSPS) is 16.2. The van der Waals surface area contributed by atoms with Crippen molar-refractivity contribution in [1.82, 2.24) is 15.0 Å². The highest BCUT2D eigenvalue weighted by Gasteiger charge is 2.22. The summed E-state index contributed by atoms with van der Waals surface area (Å²) in [5, 5.41) is 12.1. The van der Waals surface area contributed by atoms with Crippen LogP contribution in [0.15, 0.2) is 0 Å². The van der Waals surface area contributed by atoms with E-state index in [4.69, 9.17) is 21.4 Å². The quantitative estimate of drug-likeness (QED) is 0.785. The van der Waals surface area contributed by atoms with Gasteiger partial charge in [-0.15, -0.1) is 0 Å². The number of hydrogen-bond acceptors (Lipinski definition) is 7. The van der Waals surface area contributed by atoms with Gasteiger partial charge >= 0.3 is 0 Å². The Kier molecular flexibility index (Phi) is 6.41. The van der Waals surface area contributed by atoms with E-state index in [0.29, 0.717) is 18.5 Å². The molecule has 0 radical (unpaired) electrons. The summed E-state index contributed by atoms with van der Waals surface area (Å²) in [7, 11) is 0. The molecule has 2 N–H and O–H groups in total. The van der Waals surface area contributed by atoms with Crippen LogP contribution in [-0.2, 0) is 4.74 Å². The van der Waals surface area contributed by atoms with Crippen molar-refractivity contribution in [1.29, 1.82) is 0 Å². The molecule has 0 atom stereocenters. The Bertz CT molecular complexity index is 441. The van der Waals surface area contributed by atoms with Crippen molar-refractivity contribution >= 4 is 23.5 Å². The Labute approximate surface area is 129 Å². The molecule has 2 rings (SSSR count). The highest BCUT2D eigenvalue weighted by molar-refractivity contribution is 6.28. The van der Waals surface area contributed by atoms with Crippen molar-refractivity contribution < 1.29 is 9.84 Å². The fraction of sp³-hybridized carbons (Fsp3) is 0.769. The van der Waals surface area contributed by atoms with Crippen LogP contribution < -0.4 is 10.2 Å². The zero-order valence-electron chi connectivity index (χ0n) is 12.3. The molecule has 0 bridgehead atoms. The zero-order valence-corrected chi connectivity index (χ0v) is 13.0. The fourth-order valence-corrected chi connectivity index (χ4v) is 2.39. The summed E-state index contributed by atoms with van der Waals surface area (Å²) in [5.74, 6) is 1.12. The summed E-state index contributed by atoms with van der Waals surface area (Å²) in [6.45, 7) is 4.96. The predicted molar refractivity (Wildman–Crippen MR) is 81.9 cm³/mol. The van der Waals surface area contributed by atoms with Gasteiger partial charge in [0, 0.05) is 19.6 Å². The van der Waals surface area contributed by atoms with E-state index in [1.165, 1.54) is 0 Å². The first-order valence-corrected chi connectivity index (χ1v) is 7.73. The molecule has 0 unspecified atom stereocenters. The molecule has 2 heterocycles. The van der Waals surface area contributed by atoms with Gasteiger partial charge in [-0.2, -0.15) is 15.0 Å². The van der Waals surface area contributed by atoms with Crippen LogP contribution in [0.25, 0.3) is 0 Å². The van der Waals surface area contributed by atoms with Gasteiger partial charge in [-0.05, 0) is 30.9 Å². The lowest BCUT2D eigenvalue weighted by molar-refractivity contribution is 0.0157. The molecule has 1 aliphatic rings. The van der Waals surface area contributed by atoms with E-state index in [9.17, 15) is 0 Å². The Morgan fingerprint density at radius 2 is 2.10 bits per heavy atom. The monoisotopic (exact) mass is 315 g/mol. The molecular weight excluding hydrogens is 294 g/mol. The third-order valence-corrected chi connectivity index (χ3v) is 3.47. The fourth-order valence-electron chi connectivity index (χ4n) is 2.24. The lowest BCUT2D eigenvalue weighted by Crippen LogP contribution is -2.38. The first-order chi connectivity index (χ1) is 10.2. The largest absolute Gasteiger partial charge is 0.394 e. The molecule has 8 heteroatoms. The number of anilines is 2. The smallest absolute Gasteiger partial charge is 0.231 e. The molecular formula is C13H22ClN5O2. The Balaban J connectivity index is 1.94. The van der Waals surface area contributed by atoms with Gasteiger partial charge in [0.05, 0.1) is 19.3 Å². The highest BCUT2D eigenvalue weighted by atomic mass is 35.5.